The summed E-state index contributed by atoms with van der Waals surface area (Å²) in [6, 6.07) is -0.903. The van der Waals surface area contributed by atoms with E-state index in [9.17, 15) is 14.4 Å². The van der Waals surface area contributed by atoms with Crippen molar-refractivity contribution in [2.45, 2.75) is 26.3 Å². The summed E-state index contributed by atoms with van der Waals surface area (Å²) in [4.78, 5) is 31.4. The van der Waals surface area contributed by atoms with Crippen LogP contribution in [0.1, 0.15) is 20.3 Å². The van der Waals surface area contributed by atoms with Gasteiger partial charge < -0.3 is 10.4 Å². The average molecular weight is 173 g/mol. The van der Waals surface area contributed by atoms with Crippen molar-refractivity contribution in [2.75, 3.05) is 0 Å². The first-order valence-corrected chi connectivity index (χ1v) is 3.43. The number of rotatable bonds is 4. The molecule has 0 aromatic carbocycles. The van der Waals surface area contributed by atoms with Gasteiger partial charge in [0.05, 0.1) is 12.5 Å². The van der Waals surface area contributed by atoms with Crippen molar-refractivity contribution in [3.63, 3.8) is 0 Å². The quantitative estimate of drug-likeness (QED) is 0.603. The standard InChI is InChI=1S/C7H11NO4/c1-4(9)6(3-7(11)12)8-5(2)10/h6H,3H2,1-2H3,(H,8,10)(H,11,12)/t6-/m0/s1. The van der Waals surface area contributed by atoms with E-state index in [1.165, 1.54) is 13.8 Å². The van der Waals surface area contributed by atoms with Gasteiger partial charge in [0, 0.05) is 6.92 Å². The van der Waals surface area contributed by atoms with Gasteiger partial charge in [0.1, 0.15) is 0 Å². The fraction of sp³-hybridized carbons (Fsp3) is 0.571. The molecule has 0 aliphatic rings. The van der Waals surface area contributed by atoms with Crippen molar-refractivity contribution in [2.24, 2.45) is 0 Å². The fourth-order valence-electron chi connectivity index (χ4n) is 0.716. The lowest BCUT2D eigenvalue weighted by molar-refractivity contribution is -0.139. The van der Waals surface area contributed by atoms with Gasteiger partial charge in [-0.05, 0) is 6.92 Å². The Hall–Kier alpha value is -1.39. The summed E-state index contributed by atoms with van der Waals surface area (Å²) in [5, 5.41) is 10.6. The lowest BCUT2D eigenvalue weighted by Gasteiger charge is -2.11. The molecule has 0 rings (SSSR count). The third kappa shape index (κ3) is 4.43. The van der Waals surface area contributed by atoms with E-state index in [0.29, 0.717) is 0 Å². The van der Waals surface area contributed by atoms with Crippen LogP contribution in [0, 0.1) is 0 Å². The number of carbonyl (C=O) groups is 3. The number of carboxylic acids is 1. The minimum Gasteiger partial charge on any atom is -0.481 e. The van der Waals surface area contributed by atoms with Crippen LogP contribution in [-0.2, 0) is 14.4 Å². The van der Waals surface area contributed by atoms with E-state index in [0.717, 1.165) is 0 Å². The number of hydrogen-bond donors (Lipinski definition) is 2. The molecule has 0 fully saturated rings. The van der Waals surface area contributed by atoms with E-state index in [1.807, 2.05) is 0 Å². The van der Waals surface area contributed by atoms with Gasteiger partial charge in [0.2, 0.25) is 5.91 Å². The second kappa shape index (κ2) is 4.48. The van der Waals surface area contributed by atoms with Crippen molar-refractivity contribution in [1.29, 1.82) is 0 Å². The minimum atomic E-state index is -1.11. The Balaban J connectivity index is 4.14. The average Bonchev–Trinajstić information content (AvgIpc) is 1.83. The maximum atomic E-state index is 10.7. The lowest BCUT2D eigenvalue weighted by atomic mass is 10.1. The third-order valence-corrected chi connectivity index (χ3v) is 1.25. The molecule has 0 aliphatic heterocycles. The Morgan fingerprint density at radius 1 is 1.33 bits per heavy atom. The Kier molecular flexibility index (Phi) is 3.96. The number of aliphatic carboxylic acids is 1. The molecule has 0 unspecified atom stereocenters. The first-order chi connectivity index (χ1) is 5.43. The Morgan fingerprint density at radius 3 is 2.08 bits per heavy atom. The molecule has 0 bridgehead atoms. The third-order valence-electron chi connectivity index (χ3n) is 1.25. The maximum absolute atomic E-state index is 10.7. The highest BCUT2D eigenvalue weighted by Crippen LogP contribution is 1.93. The van der Waals surface area contributed by atoms with E-state index < -0.39 is 17.9 Å². The van der Waals surface area contributed by atoms with Gasteiger partial charge in [-0.15, -0.1) is 0 Å². The molecular formula is C7H11NO4. The molecule has 0 spiro atoms. The zero-order valence-corrected chi connectivity index (χ0v) is 6.96. The summed E-state index contributed by atoms with van der Waals surface area (Å²) in [6.45, 7) is 2.47. The molecule has 68 valence electrons. The molecular weight excluding hydrogens is 162 g/mol. The number of carboxylic acid groups (broad SMARTS) is 1. The smallest absolute Gasteiger partial charge is 0.305 e. The Bertz CT molecular complexity index is 195. The second-order valence-electron chi connectivity index (χ2n) is 2.46. The van der Waals surface area contributed by atoms with E-state index in [1.54, 1.807) is 0 Å². The van der Waals surface area contributed by atoms with Gasteiger partial charge in [-0.3, -0.25) is 14.4 Å². The van der Waals surface area contributed by atoms with Crippen molar-refractivity contribution in [3.8, 4) is 0 Å². The molecule has 1 amide bonds. The van der Waals surface area contributed by atoms with Crippen molar-refractivity contribution >= 4 is 17.7 Å². The number of nitrogens with one attached hydrogen (secondary N) is 1. The molecule has 2 N–H and O–H groups in total. The number of Topliss-reactive ketones (excluding diaryl/α,β-unsaturated/α-hetero) is 1. The summed E-state index contributed by atoms with van der Waals surface area (Å²) in [6.07, 6.45) is -0.366. The Labute approximate surface area is 69.8 Å². The number of carbonyl (C=O) groups excluding carboxylic acids is 2. The molecule has 0 aromatic rings. The SMILES string of the molecule is CC(=O)N[C@@H](CC(=O)O)C(C)=O. The van der Waals surface area contributed by atoms with Crippen LogP contribution < -0.4 is 5.32 Å². The maximum Gasteiger partial charge on any atom is 0.305 e. The molecule has 0 radical (unpaired) electrons. The van der Waals surface area contributed by atoms with Gasteiger partial charge in [-0.25, -0.2) is 0 Å². The fourth-order valence-corrected chi connectivity index (χ4v) is 0.716. The normalized spacial score (nSPS) is 11.8. The number of amides is 1. The largest absolute Gasteiger partial charge is 0.481 e. The molecule has 0 saturated carbocycles. The number of hydrogen-bond acceptors (Lipinski definition) is 3. The molecule has 0 saturated heterocycles. The van der Waals surface area contributed by atoms with Gasteiger partial charge in [-0.2, -0.15) is 0 Å². The van der Waals surface area contributed by atoms with Crippen LogP contribution in [0.3, 0.4) is 0 Å². The Morgan fingerprint density at radius 2 is 1.83 bits per heavy atom. The molecule has 0 heterocycles. The topological polar surface area (TPSA) is 83.5 Å². The van der Waals surface area contributed by atoms with Crippen LogP contribution in [0.5, 0.6) is 0 Å². The van der Waals surface area contributed by atoms with Gasteiger partial charge in [0.25, 0.3) is 0 Å². The van der Waals surface area contributed by atoms with E-state index in [2.05, 4.69) is 5.32 Å². The molecule has 5 nitrogen and oxygen atoms in total. The van der Waals surface area contributed by atoms with Crippen LogP contribution in [0.4, 0.5) is 0 Å². The van der Waals surface area contributed by atoms with E-state index >= 15 is 0 Å². The van der Waals surface area contributed by atoms with Gasteiger partial charge in [0.15, 0.2) is 5.78 Å². The highest BCUT2D eigenvalue weighted by molar-refractivity contribution is 5.89. The summed E-state index contributed by atoms with van der Waals surface area (Å²) in [5.41, 5.74) is 0. The van der Waals surface area contributed by atoms with Crippen LogP contribution >= 0.6 is 0 Å². The van der Waals surface area contributed by atoms with Crippen molar-refractivity contribution in [1.82, 2.24) is 5.32 Å². The predicted molar refractivity (Wildman–Crippen MR) is 40.5 cm³/mol. The zero-order chi connectivity index (χ0) is 9.72. The van der Waals surface area contributed by atoms with Crippen molar-refractivity contribution < 1.29 is 19.5 Å². The van der Waals surface area contributed by atoms with E-state index in [-0.39, 0.29) is 12.2 Å². The van der Waals surface area contributed by atoms with Crippen LogP contribution in [0.2, 0.25) is 0 Å². The van der Waals surface area contributed by atoms with Crippen molar-refractivity contribution in [3.05, 3.63) is 0 Å². The molecule has 1 atom stereocenters. The zero-order valence-electron chi connectivity index (χ0n) is 6.96. The first kappa shape index (κ1) is 10.6. The highest BCUT2D eigenvalue weighted by Gasteiger charge is 2.18. The lowest BCUT2D eigenvalue weighted by Crippen LogP contribution is -2.39. The molecule has 12 heavy (non-hydrogen) atoms. The summed E-state index contributed by atoms with van der Waals surface area (Å²) >= 11 is 0. The molecule has 5 heteroatoms. The second-order valence-corrected chi connectivity index (χ2v) is 2.46. The molecule has 0 aliphatic carbocycles. The summed E-state index contributed by atoms with van der Waals surface area (Å²) in [5.74, 6) is -1.87. The van der Waals surface area contributed by atoms with Gasteiger partial charge in [-0.1, -0.05) is 0 Å². The van der Waals surface area contributed by atoms with Crippen LogP contribution in [-0.4, -0.2) is 28.8 Å². The van der Waals surface area contributed by atoms with Crippen LogP contribution in [0.25, 0.3) is 0 Å². The van der Waals surface area contributed by atoms with Gasteiger partial charge >= 0.3 is 5.97 Å². The summed E-state index contributed by atoms with van der Waals surface area (Å²) in [7, 11) is 0. The highest BCUT2D eigenvalue weighted by atomic mass is 16.4. The number of ketones is 1. The summed E-state index contributed by atoms with van der Waals surface area (Å²) < 4.78 is 0. The monoisotopic (exact) mass is 173 g/mol. The van der Waals surface area contributed by atoms with E-state index in [4.69, 9.17) is 5.11 Å². The predicted octanol–water partition coefficient (Wildman–Crippen LogP) is -0.445. The molecule has 0 aromatic heterocycles. The van der Waals surface area contributed by atoms with Crippen LogP contribution in [0.15, 0.2) is 0 Å². The first-order valence-electron chi connectivity index (χ1n) is 3.43. The minimum absolute atomic E-state index is 0.354.